The standard InChI is InChI=1S/C24H19NOS/c1-16-12-14-17(15-13-16)20-21(22(26)18-8-4-2-5-9-18)24(25)27-23(20)19-10-6-3-7-11-19/h2-15H,25H2,1H3. The van der Waals surface area contributed by atoms with Gasteiger partial charge in [0, 0.05) is 16.0 Å². The van der Waals surface area contributed by atoms with Gasteiger partial charge in [0.15, 0.2) is 5.78 Å². The monoisotopic (exact) mass is 369 g/mol. The molecule has 0 bridgehead atoms. The summed E-state index contributed by atoms with van der Waals surface area (Å²) in [6.45, 7) is 2.06. The lowest BCUT2D eigenvalue weighted by molar-refractivity contribution is 0.104. The van der Waals surface area contributed by atoms with Crippen LogP contribution < -0.4 is 5.73 Å². The Morgan fingerprint density at radius 3 is 2.00 bits per heavy atom. The van der Waals surface area contributed by atoms with E-state index in [1.807, 2.05) is 48.5 Å². The number of rotatable bonds is 4. The topological polar surface area (TPSA) is 43.1 Å². The van der Waals surface area contributed by atoms with Gasteiger partial charge in [-0.05, 0) is 18.1 Å². The molecule has 4 rings (SSSR count). The number of ketones is 1. The third-order valence-corrected chi connectivity index (χ3v) is 5.64. The first-order valence-electron chi connectivity index (χ1n) is 8.79. The molecule has 1 heterocycles. The molecule has 3 aromatic carbocycles. The lowest BCUT2D eigenvalue weighted by Gasteiger charge is -2.09. The SMILES string of the molecule is Cc1ccc(-c2c(-c3ccccc3)sc(N)c2C(=O)c2ccccc2)cc1. The number of carbonyl (C=O) groups is 1. The van der Waals surface area contributed by atoms with Gasteiger partial charge in [-0.15, -0.1) is 11.3 Å². The third kappa shape index (κ3) is 3.29. The van der Waals surface area contributed by atoms with Crippen molar-refractivity contribution in [2.45, 2.75) is 6.92 Å². The molecule has 0 spiro atoms. The largest absolute Gasteiger partial charge is 0.390 e. The molecule has 0 atom stereocenters. The summed E-state index contributed by atoms with van der Waals surface area (Å²) in [5.41, 5.74) is 11.8. The molecule has 0 aliphatic carbocycles. The molecular weight excluding hydrogens is 350 g/mol. The van der Waals surface area contributed by atoms with Crippen molar-refractivity contribution in [3.8, 4) is 21.6 Å². The fourth-order valence-corrected chi connectivity index (χ4v) is 4.29. The van der Waals surface area contributed by atoms with Crippen LogP contribution in [0.25, 0.3) is 21.6 Å². The van der Waals surface area contributed by atoms with Crippen molar-refractivity contribution in [1.82, 2.24) is 0 Å². The van der Waals surface area contributed by atoms with E-state index in [0.29, 0.717) is 16.1 Å². The molecule has 132 valence electrons. The highest BCUT2D eigenvalue weighted by atomic mass is 32.1. The summed E-state index contributed by atoms with van der Waals surface area (Å²) in [7, 11) is 0. The van der Waals surface area contributed by atoms with Gasteiger partial charge in [-0.2, -0.15) is 0 Å². The molecule has 0 aliphatic heterocycles. The Morgan fingerprint density at radius 1 is 0.778 bits per heavy atom. The van der Waals surface area contributed by atoms with Crippen LogP contribution in [0, 0.1) is 6.92 Å². The minimum Gasteiger partial charge on any atom is -0.390 e. The molecule has 1 aromatic heterocycles. The normalized spacial score (nSPS) is 10.7. The first-order chi connectivity index (χ1) is 13.1. The number of hydrogen-bond acceptors (Lipinski definition) is 3. The molecule has 0 saturated heterocycles. The Labute approximate surface area is 162 Å². The molecule has 27 heavy (non-hydrogen) atoms. The van der Waals surface area contributed by atoms with E-state index in [1.54, 1.807) is 0 Å². The summed E-state index contributed by atoms with van der Waals surface area (Å²) in [4.78, 5) is 14.3. The first kappa shape index (κ1) is 17.3. The second-order valence-corrected chi connectivity index (χ2v) is 7.52. The maximum Gasteiger partial charge on any atom is 0.196 e. The molecule has 4 aromatic rings. The van der Waals surface area contributed by atoms with E-state index in [1.165, 1.54) is 16.9 Å². The van der Waals surface area contributed by atoms with Crippen molar-refractivity contribution >= 4 is 22.1 Å². The van der Waals surface area contributed by atoms with Gasteiger partial charge in [-0.3, -0.25) is 4.79 Å². The zero-order valence-electron chi connectivity index (χ0n) is 15.0. The van der Waals surface area contributed by atoms with Gasteiger partial charge in [0.05, 0.1) is 10.6 Å². The van der Waals surface area contributed by atoms with Gasteiger partial charge in [0.2, 0.25) is 0 Å². The van der Waals surface area contributed by atoms with Crippen LogP contribution in [0.15, 0.2) is 84.9 Å². The van der Waals surface area contributed by atoms with Crippen LogP contribution in [-0.2, 0) is 0 Å². The number of anilines is 1. The van der Waals surface area contributed by atoms with E-state index in [2.05, 4.69) is 43.3 Å². The smallest absolute Gasteiger partial charge is 0.196 e. The molecule has 2 N–H and O–H groups in total. The minimum atomic E-state index is -0.0397. The molecule has 0 fully saturated rings. The number of aryl methyl sites for hydroxylation is 1. The van der Waals surface area contributed by atoms with E-state index in [0.717, 1.165) is 21.6 Å². The summed E-state index contributed by atoms with van der Waals surface area (Å²) in [6, 6.07) is 27.7. The Balaban J connectivity index is 1.97. The highest BCUT2D eigenvalue weighted by Gasteiger charge is 2.25. The van der Waals surface area contributed by atoms with Crippen molar-refractivity contribution in [2.24, 2.45) is 0 Å². The molecule has 0 amide bonds. The predicted octanol–water partition coefficient (Wildman–Crippen LogP) is 6.20. The van der Waals surface area contributed by atoms with Gasteiger partial charge in [0.1, 0.15) is 0 Å². The number of nitrogen functional groups attached to an aromatic ring is 1. The van der Waals surface area contributed by atoms with Crippen molar-refractivity contribution in [2.75, 3.05) is 5.73 Å². The fourth-order valence-electron chi connectivity index (χ4n) is 3.20. The Hall–Kier alpha value is -3.17. The number of carbonyl (C=O) groups excluding carboxylic acids is 1. The van der Waals surface area contributed by atoms with Gasteiger partial charge >= 0.3 is 0 Å². The highest BCUT2D eigenvalue weighted by molar-refractivity contribution is 7.20. The minimum absolute atomic E-state index is 0.0397. The van der Waals surface area contributed by atoms with Crippen molar-refractivity contribution in [1.29, 1.82) is 0 Å². The van der Waals surface area contributed by atoms with Gasteiger partial charge in [-0.1, -0.05) is 90.5 Å². The predicted molar refractivity (Wildman–Crippen MR) is 114 cm³/mol. The summed E-state index contributed by atoms with van der Waals surface area (Å²) in [5.74, 6) is -0.0397. The summed E-state index contributed by atoms with van der Waals surface area (Å²) in [5, 5.41) is 0.554. The Bertz CT molecular complexity index is 1080. The van der Waals surface area contributed by atoms with Crippen molar-refractivity contribution in [3.05, 3.63) is 102 Å². The maximum absolute atomic E-state index is 13.3. The number of benzene rings is 3. The van der Waals surface area contributed by atoms with Crippen LogP contribution in [0.1, 0.15) is 21.5 Å². The van der Waals surface area contributed by atoms with E-state index >= 15 is 0 Å². The lowest BCUT2D eigenvalue weighted by Crippen LogP contribution is -2.04. The average molecular weight is 369 g/mol. The molecule has 2 nitrogen and oxygen atoms in total. The second kappa shape index (κ2) is 7.22. The fraction of sp³-hybridized carbons (Fsp3) is 0.0417. The summed E-state index contributed by atoms with van der Waals surface area (Å²) in [6.07, 6.45) is 0. The molecule has 0 unspecified atom stereocenters. The molecular formula is C24H19NOS. The lowest BCUT2D eigenvalue weighted by atomic mass is 9.93. The number of thiophene rings is 1. The van der Waals surface area contributed by atoms with Crippen LogP contribution in [0.3, 0.4) is 0 Å². The zero-order chi connectivity index (χ0) is 18.8. The number of nitrogens with two attached hydrogens (primary N) is 1. The quantitative estimate of drug-likeness (QED) is 0.435. The third-order valence-electron chi connectivity index (χ3n) is 4.57. The van der Waals surface area contributed by atoms with Crippen LogP contribution >= 0.6 is 11.3 Å². The second-order valence-electron chi connectivity index (χ2n) is 6.47. The number of hydrogen-bond donors (Lipinski definition) is 1. The van der Waals surface area contributed by atoms with Gasteiger partial charge in [-0.25, -0.2) is 0 Å². The van der Waals surface area contributed by atoms with E-state index in [4.69, 9.17) is 5.73 Å². The van der Waals surface area contributed by atoms with Gasteiger partial charge < -0.3 is 5.73 Å². The van der Waals surface area contributed by atoms with E-state index in [-0.39, 0.29) is 5.78 Å². The zero-order valence-corrected chi connectivity index (χ0v) is 15.8. The van der Waals surface area contributed by atoms with E-state index in [9.17, 15) is 4.79 Å². The average Bonchev–Trinajstić information content (AvgIpc) is 3.06. The first-order valence-corrected chi connectivity index (χ1v) is 9.61. The Kier molecular flexibility index (Phi) is 4.61. The molecule has 3 heteroatoms. The van der Waals surface area contributed by atoms with Gasteiger partial charge in [0.25, 0.3) is 0 Å². The van der Waals surface area contributed by atoms with Crippen LogP contribution in [0.2, 0.25) is 0 Å². The van der Waals surface area contributed by atoms with Crippen LogP contribution in [-0.4, -0.2) is 5.78 Å². The van der Waals surface area contributed by atoms with Crippen LogP contribution in [0.5, 0.6) is 0 Å². The highest BCUT2D eigenvalue weighted by Crippen LogP contribution is 2.45. The van der Waals surface area contributed by atoms with Crippen LogP contribution in [0.4, 0.5) is 5.00 Å². The maximum atomic E-state index is 13.3. The van der Waals surface area contributed by atoms with Crippen molar-refractivity contribution in [3.63, 3.8) is 0 Å². The summed E-state index contributed by atoms with van der Waals surface area (Å²) < 4.78 is 0. The summed E-state index contributed by atoms with van der Waals surface area (Å²) >= 11 is 1.47. The molecule has 0 saturated carbocycles. The molecule has 0 radical (unpaired) electrons. The van der Waals surface area contributed by atoms with Crippen molar-refractivity contribution < 1.29 is 4.79 Å². The Morgan fingerprint density at radius 2 is 1.37 bits per heavy atom. The van der Waals surface area contributed by atoms with E-state index < -0.39 is 0 Å². The molecule has 0 aliphatic rings.